The van der Waals surface area contributed by atoms with Crippen LogP contribution in [0.1, 0.15) is 60.2 Å². The second-order valence-corrected chi connectivity index (χ2v) is 12.0. The Morgan fingerprint density at radius 2 is 1.90 bits per heavy atom. The number of imidazole rings is 1. The van der Waals surface area contributed by atoms with E-state index in [1.54, 1.807) is 16.9 Å². The molecule has 1 aliphatic rings. The number of nitrogens with one attached hydrogen (secondary N) is 2. The number of rotatable bonds is 9. The summed E-state index contributed by atoms with van der Waals surface area (Å²) >= 11 is 3.50. The third-order valence-electron chi connectivity index (χ3n) is 6.66. The van der Waals surface area contributed by atoms with Crippen LogP contribution in [-0.2, 0) is 23.0 Å². The summed E-state index contributed by atoms with van der Waals surface area (Å²) in [5.41, 5.74) is -2.92. The van der Waals surface area contributed by atoms with Crippen LogP contribution in [0.4, 0.5) is 18.9 Å². The molecule has 0 spiro atoms. The average Bonchev–Trinajstić information content (AvgIpc) is 3.61. The monoisotopic (exact) mass is 638 g/mol. The Balaban J connectivity index is 1.54. The summed E-state index contributed by atoms with van der Waals surface area (Å²) in [7, 11) is -5.64. The number of amides is 1. The van der Waals surface area contributed by atoms with Gasteiger partial charge < -0.3 is 14.3 Å². The minimum atomic E-state index is -5.64. The van der Waals surface area contributed by atoms with E-state index in [9.17, 15) is 26.4 Å². The molecule has 5 rings (SSSR count). The molecule has 2 N–H and O–H groups in total. The van der Waals surface area contributed by atoms with E-state index >= 15 is 0 Å². The second-order valence-electron chi connectivity index (χ2n) is 9.51. The van der Waals surface area contributed by atoms with Crippen LogP contribution in [0, 0.1) is 0 Å². The van der Waals surface area contributed by atoms with Crippen molar-refractivity contribution in [2.45, 2.75) is 51.1 Å². The van der Waals surface area contributed by atoms with Gasteiger partial charge in [0.05, 0.1) is 15.9 Å². The first-order valence-corrected chi connectivity index (χ1v) is 15.0. The third kappa shape index (κ3) is 5.24. The quantitative estimate of drug-likeness (QED) is 0.216. The van der Waals surface area contributed by atoms with E-state index in [0.717, 1.165) is 29.9 Å². The smallest absolute Gasteiger partial charge is 0.455 e. The summed E-state index contributed by atoms with van der Waals surface area (Å²) in [6.07, 6.45) is 2.65. The molecule has 0 atom stereocenters. The van der Waals surface area contributed by atoms with Crippen molar-refractivity contribution >= 4 is 48.5 Å². The number of carbonyl (C=O) groups excluding carboxylic acids is 1. The normalized spacial score (nSPS) is 14.1. The van der Waals surface area contributed by atoms with Crippen molar-refractivity contribution in [2.75, 3.05) is 11.3 Å². The minimum absolute atomic E-state index is 0.135. The van der Waals surface area contributed by atoms with Crippen LogP contribution >= 0.6 is 15.9 Å². The fourth-order valence-corrected chi connectivity index (χ4v) is 5.81. The first-order valence-electron chi connectivity index (χ1n) is 12.7. The number of alkyl halides is 3. The lowest BCUT2D eigenvalue weighted by atomic mass is 10.1. The van der Waals surface area contributed by atoms with Crippen molar-refractivity contribution in [1.29, 1.82) is 0 Å². The van der Waals surface area contributed by atoms with Crippen LogP contribution in [0.2, 0.25) is 0 Å². The molecule has 2 aromatic carbocycles. The van der Waals surface area contributed by atoms with Crippen molar-refractivity contribution in [3.63, 3.8) is 0 Å². The predicted molar refractivity (Wildman–Crippen MR) is 149 cm³/mol. The molecule has 2 heterocycles. The molecule has 4 aromatic rings. The molecule has 8 nitrogen and oxygen atoms in total. The number of anilines is 1. The number of sulfonamides is 1. The van der Waals surface area contributed by atoms with E-state index in [2.05, 4.69) is 21.2 Å². The zero-order chi connectivity index (χ0) is 28.8. The minimum Gasteiger partial charge on any atom is -0.455 e. The number of fused-ring (bicyclic) bond motifs is 1. The SMILES string of the molecule is CCNC(=O)c1c(C2CC2)nc(CC)n1Cc1ccc2oc(-c3ccccc3NS(=O)(=O)C(F)(F)F)c(Br)c2c1. The van der Waals surface area contributed by atoms with Gasteiger partial charge >= 0.3 is 15.5 Å². The molecule has 40 heavy (non-hydrogen) atoms. The molecular weight excluding hydrogens is 613 g/mol. The first-order chi connectivity index (χ1) is 18.9. The molecule has 1 amide bonds. The van der Waals surface area contributed by atoms with E-state index in [4.69, 9.17) is 9.40 Å². The number of nitrogens with zero attached hydrogens (tertiary/aromatic N) is 2. The summed E-state index contributed by atoms with van der Waals surface area (Å²) < 4.78 is 72.6. The van der Waals surface area contributed by atoms with Gasteiger partial charge in [-0.3, -0.25) is 9.52 Å². The largest absolute Gasteiger partial charge is 0.516 e. The summed E-state index contributed by atoms with van der Waals surface area (Å²) in [6, 6.07) is 11.1. The van der Waals surface area contributed by atoms with Crippen LogP contribution in [0.25, 0.3) is 22.3 Å². The van der Waals surface area contributed by atoms with E-state index in [1.165, 1.54) is 18.2 Å². The number of aryl methyl sites for hydroxylation is 1. The van der Waals surface area contributed by atoms with Crippen LogP contribution in [0.3, 0.4) is 0 Å². The molecule has 212 valence electrons. The summed E-state index contributed by atoms with van der Waals surface area (Å²) in [4.78, 5) is 17.9. The number of furan rings is 1. The molecule has 2 aromatic heterocycles. The van der Waals surface area contributed by atoms with Crippen LogP contribution in [-0.4, -0.2) is 35.9 Å². The molecule has 1 saturated carbocycles. The lowest BCUT2D eigenvalue weighted by Gasteiger charge is -2.13. The molecule has 0 bridgehead atoms. The van der Waals surface area contributed by atoms with Crippen molar-refractivity contribution in [2.24, 2.45) is 0 Å². The predicted octanol–water partition coefficient (Wildman–Crippen LogP) is 6.56. The maximum absolute atomic E-state index is 13.0. The highest BCUT2D eigenvalue weighted by Gasteiger charge is 2.46. The zero-order valence-corrected chi connectivity index (χ0v) is 24.0. The number of hydrogen-bond donors (Lipinski definition) is 2. The van der Waals surface area contributed by atoms with Crippen molar-refractivity contribution in [3.05, 3.63) is 69.7 Å². The molecule has 13 heteroatoms. The number of carbonyl (C=O) groups is 1. The lowest BCUT2D eigenvalue weighted by Crippen LogP contribution is -2.30. The summed E-state index contributed by atoms with van der Waals surface area (Å²) in [6.45, 7) is 4.72. The Bertz CT molecular complexity index is 1710. The van der Waals surface area contributed by atoms with Gasteiger partial charge in [0.15, 0.2) is 5.76 Å². The maximum Gasteiger partial charge on any atom is 0.516 e. The number of benzene rings is 2. The Morgan fingerprint density at radius 1 is 1.18 bits per heavy atom. The average molecular weight is 639 g/mol. The second kappa shape index (κ2) is 10.6. The standard InChI is InChI=1S/C27H26BrF3N4O4S/c1-3-21-33-23(16-10-11-16)24(26(36)32-4-2)35(21)14-15-9-12-20-18(13-15)22(28)25(39-20)17-7-5-6-8-19(17)34-40(37,38)27(29,30)31/h5-9,12-13,16,34H,3-4,10-11,14H2,1-2H3,(H,32,36). The fraction of sp³-hybridized carbons (Fsp3) is 0.333. The van der Waals surface area contributed by atoms with Crippen molar-refractivity contribution in [3.8, 4) is 11.3 Å². The van der Waals surface area contributed by atoms with E-state index in [1.807, 2.05) is 30.5 Å². The van der Waals surface area contributed by atoms with Gasteiger partial charge in [-0.2, -0.15) is 21.6 Å². The van der Waals surface area contributed by atoms with Gasteiger partial charge in [-0.1, -0.05) is 25.1 Å². The van der Waals surface area contributed by atoms with Crippen LogP contribution < -0.4 is 10.0 Å². The van der Waals surface area contributed by atoms with Crippen molar-refractivity contribution < 1.29 is 30.8 Å². The van der Waals surface area contributed by atoms with E-state index in [-0.39, 0.29) is 28.8 Å². The molecule has 1 aliphatic carbocycles. The van der Waals surface area contributed by atoms with E-state index < -0.39 is 15.5 Å². The highest BCUT2D eigenvalue weighted by Crippen LogP contribution is 2.43. The molecule has 0 unspecified atom stereocenters. The maximum atomic E-state index is 13.0. The van der Waals surface area contributed by atoms with E-state index in [0.29, 0.717) is 40.6 Å². The molecule has 0 radical (unpaired) electrons. The highest BCUT2D eigenvalue weighted by atomic mass is 79.9. The third-order valence-corrected chi connectivity index (χ3v) is 8.54. The fourth-order valence-electron chi connectivity index (χ4n) is 4.63. The number of para-hydroxylation sites is 1. The molecule has 0 aliphatic heterocycles. The number of halogens is 4. The Labute approximate surface area is 237 Å². The van der Waals surface area contributed by atoms with Gasteiger partial charge in [0.25, 0.3) is 5.91 Å². The molecule has 0 saturated heterocycles. The van der Waals surface area contributed by atoms with Gasteiger partial charge in [0.1, 0.15) is 17.1 Å². The van der Waals surface area contributed by atoms with Crippen molar-refractivity contribution in [1.82, 2.24) is 14.9 Å². The van der Waals surface area contributed by atoms with Crippen LogP contribution in [0.15, 0.2) is 51.4 Å². The Hall–Kier alpha value is -3.32. The first kappa shape index (κ1) is 28.2. The molecule has 1 fully saturated rings. The van der Waals surface area contributed by atoms with Gasteiger partial charge in [-0.15, -0.1) is 0 Å². The van der Waals surface area contributed by atoms with Crippen LogP contribution in [0.5, 0.6) is 0 Å². The number of hydrogen-bond acceptors (Lipinski definition) is 5. The zero-order valence-electron chi connectivity index (χ0n) is 21.6. The van der Waals surface area contributed by atoms with Gasteiger partial charge in [0, 0.05) is 36.4 Å². The lowest BCUT2D eigenvalue weighted by molar-refractivity contribution is -0.0429. The van der Waals surface area contributed by atoms with Gasteiger partial charge in [-0.05, 0) is 65.5 Å². The highest BCUT2D eigenvalue weighted by molar-refractivity contribution is 9.10. The number of aromatic nitrogens is 2. The van der Waals surface area contributed by atoms with Gasteiger partial charge in [0.2, 0.25) is 0 Å². The Kier molecular flexibility index (Phi) is 7.47. The Morgan fingerprint density at radius 3 is 2.55 bits per heavy atom. The summed E-state index contributed by atoms with van der Waals surface area (Å²) in [5, 5.41) is 3.54. The molecular formula is C27H26BrF3N4O4S. The van der Waals surface area contributed by atoms with Gasteiger partial charge in [-0.25, -0.2) is 4.98 Å². The summed E-state index contributed by atoms with van der Waals surface area (Å²) in [5.74, 6) is 1.10. The topological polar surface area (TPSA) is 106 Å².